The molecule has 1 aromatic rings. The van der Waals surface area contributed by atoms with E-state index >= 15 is 0 Å². The molecule has 1 aliphatic heterocycles. The van der Waals surface area contributed by atoms with Gasteiger partial charge in [-0.3, -0.25) is 0 Å². The summed E-state index contributed by atoms with van der Waals surface area (Å²) in [4.78, 5) is 6.08. The Bertz CT molecular complexity index is 443. The number of nitrogens with zero attached hydrogens (tertiary/aromatic N) is 2. The number of hydrogen-bond acceptors (Lipinski definition) is 3. The number of pyridine rings is 1. The minimum atomic E-state index is -0.622. The Labute approximate surface area is 119 Å². The van der Waals surface area contributed by atoms with Gasteiger partial charge in [-0.1, -0.05) is 20.3 Å². The van der Waals surface area contributed by atoms with Crippen LogP contribution in [0.5, 0.6) is 0 Å². The van der Waals surface area contributed by atoms with Crippen LogP contribution in [0, 0.1) is 17.6 Å². The molecule has 112 valence electrons. The normalized spacial score (nSPS) is 16.5. The molecule has 0 aromatic carbocycles. The standard InChI is InChI=1S/C15H23F2N3/c1-3-7-18-14-12(16)10-13(17)15(19-14)20-8-5-11(4-2)6-9-20/h10-11H,3-9H2,1-2H3,(H,18,19). The third kappa shape index (κ3) is 3.38. The van der Waals surface area contributed by atoms with Gasteiger partial charge >= 0.3 is 0 Å². The first kappa shape index (κ1) is 15.0. The molecule has 1 fully saturated rings. The van der Waals surface area contributed by atoms with Crippen molar-refractivity contribution in [3.8, 4) is 0 Å². The largest absolute Gasteiger partial charge is 0.368 e. The van der Waals surface area contributed by atoms with Gasteiger partial charge in [-0.05, 0) is 25.2 Å². The first-order valence-electron chi connectivity index (χ1n) is 7.50. The van der Waals surface area contributed by atoms with E-state index in [1.165, 1.54) is 0 Å². The maximum Gasteiger partial charge on any atom is 0.168 e. The molecule has 0 saturated carbocycles. The van der Waals surface area contributed by atoms with Gasteiger partial charge in [0.25, 0.3) is 0 Å². The molecule has 0 bridgehead atoms. The van der Waals surface area contributed by atoms with Crippen LogP contribution in [-0.2, 0) is 0 Å². The van der Waals surface area contributed by atoms with Gasteiger partial charge in [-0.25, -0.2) is 13.8 Å². The lowest BCUT2D eigenvalue weighted by Gasteiger charge is -2.32. The molecular formula is C15H23F2N3. The van der Waals surface area contributed by atoms with Crippen LogP contribution in [0.3, 0.4) is 0 Å². The Balaban J connectivity index is 2.14. The lowest BCUT2D eigenvalue weighted by molar-refractivity contribution is 0.390. The van der Waals surface area contributed by atoms with Crippen molar-refractivity contribution in [1.82, 2.24) is 4.98 Å². The third-order valence-electron chi connectivity index (χ3n) is 3.94. The number of halogens is 2. The van der Waals surface area contributed by atoms with Crippen LogP contribution in [-0.4, -0.2) is 24.6 Å². The van der Waals surface area contributed by atoms with Crippen molar-refractivity contribution in [1.29, 1.82) is 0 Å². The van der Waals surface area contributed by atoms with Gasteiger partial charge in [0.05, 0.1) is 0 Å². The highest BCUT2D eigenvalue weighted by Gasteiger charge is 2.22. The molecule has 1 aliphatic rings. The topological polar surface area (TPSA) is 28.2 Å². The van der Waals surface area contributed by atoms with E-state index < -0.39 is 11.6 Å². The molecule has 0 spiro atoms. The highest BCUT2D eigenvalue weighted by Crippen LogP contribution is 2.27. The third-order valence-corrected chi connectivity index (χ3v) is 3.94. The van der Waals surface area contributed by atoms with Crippen LogP contribution in [0.4, 0.5) is 20.4 Å². The lowest BCUT2D eigenvalue weighted by Crippen LogP contribution is -2.35. The van der Waals surface area contributed by atoms with Crippen LogP contribution >= 0.6 is 0 Å². The van der Waals surface area contributed by atoms with Crippen molar-refractivity contribution in [2.24, 2.45) is 5.92 Å². The minimum absolute atomic E-state index is 0.154. The fourth-order valence-electron chi connectivity index (χ4n) is 2.60. The summed E-state index contributed by atoms with van der Waals surface area (Å²) in [6.45, 7) is 6.39. The van der Waals surface area contributed by atoms with Gasteiger partial charge in [0.1, 0.15) is 0 Å². The van der Waals surface area contributed by atoms with E-state index in [1.54, 1.807) is 0 Å². The van der Waals surface area contributed by atoms with Gasteiger partial charge in [0.15, 0.2) is 23.3 Å². The van der Waals surface area contributed by atoms with Gasteiger partial charge in [0.2, 0.25) is 0 Å². The lowest BCUT2D eigenvalue weighted by atomic mass is 9.94. The van der Waals surface area contributed by atoms with Crippen molar-refractivity contribution in [3.63, 3.8) is 0 Å². The number of piperidine rings is 1. The Morgan fingerprint density at radius 3 is 2.55 bits per heavy atom. The van der Waals surface area contributed by atoms with Crippen molar-refractivity contribution in [3.05, 3.63) is 17.7 Å². The van der Waals surface area contributed by atoms with E-state index in [2.05, 4.69) is 17.2 Å². The van der Waals surface area contributed by atoms with E-state index in [9.17, 15) is 8.78 Å². The number of aromatic nitrogens is 1. The average Bonchev–Trinajstić information content (AvgIpc) is 2.47. The molecule has 2 rings (SSSR count). The Morgan fingerprint density at radius 1 is 1.25 bits per heavy atom. The second-order valence-electron chi connectivity index (χ2n) is 5.39. The first-order valence-corrected chi connectivity index (χ1v) is 7.50. The predicted molar refractivity (Wildman–Crippen MR) is 78.2 cm³/mol. The molecule has 3 nitrogen and oxygen atoms in total. The van der Waals surface area contributed by atoms with Gasteiger partial charge in [-0.15, -0.1) is 0 Å². The molecule has 1 aromatic heterocycles. The SMILES string of the molecule is CCCNc1nc(N2CCC(CC)CC2)c(F)cc1F. The number of anilines is 2. The number of nitrogens with one attached hydrogen (secondary N) is 1. The maximum absolute atomic E-state index is 13.9. The van der Waals surface area contributed by atoms with Gasteiger partial charge in [0, 0.05) is 25.7 Å². The zero-order valence-electron chi connectivity index (χ0n) is 12.3. The highest BCUT2D eigenvalue weighted by molar-refractivity contribution is 5.49. The smallest absolute Gasteiger partial charge is 0.168 e. The van der Waals surface area contributed by atoms with E-state index in [0.717, 1.165) is 44.8 Å². The van der Waals surface area contributed by atoms with Crippen LogP contribution in [0.2, 0.25) is 0 Å². The second-order valence-corrected chi connectivity index (χ2v) is 5.39. The molecule has 0 amide bonds. The number of rotatable bonds is 5. The van der Waals surface area contributed by atoms with Crippen molar-refractivity contribution in [2.45, 2.75) is 39.5 Å². The zero-order chi connectivity index (χ0) is 14.5. The zero-order valence-corrected chi connectivity index (χ0v) is 12.3. The summed E-state index contributed by atoms with van der Waals surface area (Å²) in [6, 6.07) is 0.937. The summed E-state index contributed by atoms with van der Waals surface area (Å²) in [6.07, 6.45) is 4.13. The summed E-state index contributed by atoms with van der Waals surface area (Å²) in [5.74, 6) is -0.0458. The first-order chi connectivity index (χ1) is 9.65. The summed E-state index contributed by atoms with van der Waals surface area (Å²) in [7, 11) is 0. The Kier molecular flexibility index (Phi) is 5.15. The quantitative estimate of drug-likeness (QED) is 0.890. The maximum atomic E-state index is 13.9. The molecule has 0 aliphatic carbocycles. The summed E-state index contributed by atoms with van der Waals surface area (Å²) < 4.78 is 27.6. The molecule has 2 heterocycles. The van der Waals surface area contributed by atoms with Gasteiger partial charge in [-0.2, -0.15) is 0 Å². The Morgan fingerprint density at radius 2 is 1.95 bits per heavy atom. The minimum Gasteiger partial charge on any atom is -0.368 e. The molecule has 0 atom stereocenters. The summed E-state index contributed by atoms with van der Waals surface area (Å²) in [5.41, 5.74) is 0. The molecular weight excluding hydrogens is 260 g/mol. The number of hydrogen-bond donors (Lipinski definition) is 1. The Hall–Kier alpha value is -1.39. The van der Waals surface area contributed by atoms with E-state index in [-0.39, 0.29) is 11.6 Å². The molecule has 1 saturated heterocycles. The van der Waals surface area contributed by atoms with Crippen molar-refractivity contribution >= 4 is 11.6 Å². The fraction of sp³-hybridized carbons (Fsp3) is 0.667. The fourth-order valence-corrected chi connectivity index (χ4v) is 2.60. The average molecular weight is 283 g/mol. The second kappa shape index (κ2) is 6.86. The highest BCUT2D eigenvalue weighted by atomic mass is 19.1. The van der Waals surface area contributed by atoms with Crippen molar-refractivity contribution in [2.75, 3.05) is 29.9 Å². The molecule has 20 heavy (non-hydrogen) atoms. The van der Waals surface area contributed by atoms with Crippen molar-refractivity contribution < 1.29 is 8.78 Å². The molecule has 1 N–H and O–H groups in total. The summed E-state index contributed by atoms with van der Waals surface area (Å²) in [5, 5.41) is 2.91. The molecule has 0 radical (unpaired) electrons. The molecule has 0 unspecified atom stereocenters. The molecule has 5 heteroatoms. The van der Waals surface area contributed by atoms with E-state index in [4.69, 9.17) is 0 Å². The van der Waals surface area contributed by atoms with E-state index in [1.807, 2.05) is 11.8 Å². The van der Waals surface area contributed by atoms with Crippen LogP contribution in [0.25, 0.3) is 0 Å². The van der Waals surface area contributed by atoms with E-state index in [0.29, 0.717) is 12.5 Å². The van der Waals surface area contributed by atoms with Gasteiger partial charge < -0.3 is 10.2 Å². The predicted octanol–water partition coefficient (Wildman–Crippen LogP) is 3.81. The van der Waals surface area contributed by atoms with Crippen LogP contribution in [0.15, 0.2) is 6.07 Å². The van der Waals surface area contributed by atoms with Crippen LogP contribution in [0.1, 0.15) is 39.5 Å². The van der Waals surface area contributed by atoms with Crippen LogP contribution < -0.4 is 10.2 Å². The monoisotopic (exact) mass is 283 g/mol. The summed E-state index contributed by atoms with van der Waals surface area (Å²) >= 11 is 0.